The summed E-state index contributed by atoms with van der Waals surface area (Å²) >= 11 is 0. The number of rotatable bonds is 1. The van der Waals surface area contributed by atoms with Gasteiger partial charge in [-0.15, -0.1) is 0 Å². The van der Waals surface area contributed by atoms with Crippen molar-refractivity contribution in [2.75, 3.05) is 13.1 Å². The van der Waals surface area contributed by atoms with Crippen molar-refractivity contribution >= 4 is 23.0 Å². The maximum Gasteiger partial charge on any atom is 0.246 e. The molecule has 1 N–H and O–H groups in total. The van der Waals surface area contributed by atoms with E-state index in [-0.39, 0.29) is 11.6 Å². The Hall–Kier alpha value is -3.47. The molecule has 0 aromatic heterocycles. The topological polar surface area (TPSA) is 60.6 Å². The quantitative estimate of drug-likeness (QED) is 0.784. The van der Waals surface area contributed by atoms with Crippen LogP contribution in [0.4, 0.5) is 5.69 Å². The molecule has 1 unspecified atom stereocenters. The normalized spacial score (nSPS) is 22.0. The molecule has 2 aromatic rings. The molecular formula is C26H23N2O3+. The number of ketones is 2. The van der Waals surface area contributed by atoms with Gasteiger partial charge in [-0.25, -0.2) is 4.99 Å². The highest BCUT2D eigenvalue weighted by Crippen LogP contribution is 2.40. The molecule has 2 aromatic carbocycles. The first kappa shape index (κ1) is 18.3. The highest BCUT2D eigenvalue weighted by molar-refractivity contribution is 6.32. The molecule has 6 rings (SSSR count). The lowest BCUT2D eigenvalue weighted by atomic mass is 9.72. The summed E-state index contributed by atoms with van der Waals surface area (Å²) in [6, 6.07) is 13.1. The molecule has 5 heteroatoms. The molecule has 154 valence electrons. The zero-order valence-corrected chi connectivity index (χ0v) is 17.4. The molecule has 1 atom stereocenters. The van der Waals surface area contributed by atoms with Crippen molar-refractivity contribution in [3.8, 4) is 5.75 Å². The van der Waals surface area contributed by atoms with Crippen molar-refractivity contribution in [2.24, 2.45) is 5.92 Å². The van der Waals surface area contributed by atoms with E-state index < -0.39 is 5.92 Å². The third kappa shape index (κ3) is 2.73. The molecule has 2 aliphatic heterocycles. The predicted octanol–water partition coefficient (Wildman–Crippen LogP) is 2.87. The zero-order valence-electron chi connectivity index (χ0n) is 17.4. The summed E-state index contributed by atoms with van der Waals surface area (Å²) in [5.41, 5.74) is 5.00. The van der Waals surface area contributed by atoms with Crippen molar-refractivity contribution in [3.05, 3.63) is 82.3 Å². The van der Waals surface area contributed by atoms with Gasteiger partial charge in [-0.2, -0.15) is 0 Å². The second-order valence-corrected chi connectivity index (χ2v) is 8.67. The minimum atomic E-state index is -0.672. The monoisotopic (exact) mass is 411 g/mol. The molecule has 5 nitrogen and oxygen atoms in total. The summed E-state index contributed by atoms with van der Waals surface area (Å²) in [5, 5.41) is 0. The van der Waals surface area contributed by atoms with Crippen LogP contribution in [-0.4, -0.2) is 35.3 Å². The van der Waals surface area contributed by atoms with Crippen molar-refractivity contribution in [2.45, 2.75) is 26.2 Å². The SMILES string of the molecule is Cc1ccc2c(c1)OC1=CC(N3CCCCC3)=C3C(=O)c4ccccc4C(=O)C3C1=[NH+]2. The molecule has 0 amide bonds. The Morgan fingerprint density at radius 1 is 1.00 bits per heavy atom. The lowest BCUT2D eigenvalue weighted by Crippen LogP contribution is -2.72. The first-order valence-corrected chi connectivity index (χ1v) is 10.9. The van der Waals surface area contributed by atoms with Gasteiger partial charge in [0.05, 0.1) is 0 Å². The number of nitrogens with zero attached hydrogens (tertiary/aromatic N) is 1. The summed E-state index contributed by atoms with van der Waals surface area (Å²) in [6.07, 6.45) is 5.32. The van der Waals surface area contributed by atoms with Crippen LogP contribution in [0.25, 0.3) is 0 Å². The molecule has 0 spiro atoms. The van der Waals surface area contributed by atoms with Crippen LogP contribution in [0.5, 0.6) is 5.75 Å². The van der Waals surface area contributed by atoms with Gasteiger partial charge in [0.1, 0.15) is 5.92 Å². The van der Waals surface area contributed by atoms with Crippen molar-refractivity contribution in [3.63, 3.8) is 0 Å². The number of piperidine rings is 1. The van der Waals surface area contributed by atoms with Crippen molar-refractivity contribution in [1.29, 1.82) is 0 Å². The third-order valence-corrected chi connectivity index (χ3v) is 6.65. The standard InChI is InChI=1S/C26H22N2O3/c1-15-9-10-18-20(13-15)31-21-14-19(28-11-5-2-6-12-28)22-23(24(21)27-18)26(30)17-8-4-3-7-16(17)25(22)29/h3-4,7-10,13-14,23H,2,5-6,11-12H2,1H3/p+1. The van der Waals surface area contributed by atoms with Gasteiger partial charge in [0.2, 0.25) is 11.4 Å². The Balaban J connectivity index is 1.59. The van der Waals surface area contributed by atoms with Crippen LogP contribution in [0.3, 0.4) is 0 Å². The molecule has 2 heterocycles. The second kappa shape index (κ2) is 6.77. The largest absolute Gasteiger partial charge is 0.444 e. The summed E-state index contributed by atoms with van der Waals surface area (Å²) in [6.45, 7) is 3.80. The maximum absolute atomic E-state index is 13.7. The van der Waals surface area contributed by atoms with Crippen molar-refractivity contribution < 1.29 is 19.3 Å². The van der Waals surface area contributed by atoms with Gasteiger partial charge in [-0.05, 0) is 37.8 Å². The first-order chi connectivity index (χ1) is 15.1. The molecule has 0 bridgehead atoms. The fourth-order valence-corrected chi connectivity index (χ4v) is 5.12. The van der Waals surface area contributed by atoms with Crippen LogP contribution in [0.2, 0.25) is 0 Å². The van der Waals surface area contributed by atoms with E-state index in [1.165, 1.54) is 6.42 Å². The van der Waals surface area contributed by atoms with E-state index in [1.54, 1.807) is 12.1 Å². The average molecular weight is 411 g/mol. The van der Waals surface area contributed by atoms with E-state index in [0.29, 0.717) is 28.2 Å². The Morgan fingerprint density at radius 2 is 1.77 bits per heavy atom. The van der Waals surface area contributed by atoms with E-state index >= 15 is 0 Å². The number of Topliss-reactive ketones (excluding diaryl/α,β-unsaturated/α-hetero) is 2. The lowest BCUT2D eigenvalue weighted by molar-refractivity contribution is -0.361. The van der Waals surface area contributed by atoms with Crippen LogP contribution in [0.15, 0.2) is 65.6 Å². The number of fused-ring (bicyclic) bond motifs is 5. The van der Waals surface area contributed by atoms with Gasteiger partial charge < -0.3 is 9.64 Å². The highest BCUT2D eigenvalue weighted by Gasteiger charge is 2.50. The highest BCUT2D eigenvalue weighted by atomic mass is 16.5. The number of nitrogens with one attached hydrogen (secondary N) is 1. The molecule has 0 radical (unpaired) electrons. The number of hydrogen-bond donors (Lipinski definition) is 1. The number of allylic oxidation sites excluding steroid dienone is 3. The summed E-state index contributed by atoms with van der Waals surface area (Å²) in [7, 11) is 0. The minimum Gasteiger partial charge on any atom is -0.444 e. The number of likely N-dealkylation sites (tertiary alicyclic amines) is 1. The molecule has 2 aliphatic carbocycles. The number of carbonyl (C=O) groups excluding carboxylic acids is 2. The molecule has 0 saturated carbocycles. The predicted molar refractivity (Wildman–Crippen MR) is 117 cm³/mol. The first-order valence-electron chi connectivity index (χ1n) is 10.9. The molecular weight excluding hydrogens is 388 g/mol. The van der Waals surface area contributed by atoms with Crippen LogP contribution in [0, 0.1) is 12.8 Å². The Morgan fingerprint density at radius 3 is 2.58 bits per heavy atom. The van der Waals surface area contributed by atoms with Gasteiger partial charge in [0.25, 0.3) is 0 Å². The number of carbonyl (C=O) groups is 2. The lowest BCUT2D eigenvalue weighted by Gasteiger charge is -2.37. The minimum absolute atomic E-state index is 0.0491. The zero-order chi connectivity index (χ0) is 21.1. The smallest absolute Gasteiger partial charge is 0.246 e. The Kier molecular flexibility index (Phi) is 4.00. The molecule has 31 heavy (non-hydrogen) atoms. The number of ether oxygens (including phenoxy) is 1. The van der Waals surface area contributed by atoms with E-state index in [4.69, 9.17) is 4.74 Å². The van der Waals surface area contributed by atoms with Crippen LogP contribution in [0.1, 0.15) is 45.5 Å². The van der Waals surface area contributed by atoms with Crippen LogP contribution in [-0.2, 0) is 0 Å². The van der Waals surface area contributed by atoms with Crippen molar-refractivity contribution in [1.82, 2.24) is 4.90 Å². The number of hydrogen-bond acceptors (Lipinski definition) is 4. The average Bonchev–Trinajstić information content (AvgIpc) is 2.80. The fourth-order valence-electron chi connectivity index (χ4n) is 5.12. The molecule has 4 aliphatic rings. The Bertz CT molecular complexity index is 1250. The van der Waals surface area contributed by atoms with E-state index in [1.807, 2.05) is 43.3 Å². The second-order valence-electron chi connectivity index (χ2n) is 8.67. The maximum atomic E-state index is 13.7. The molecule has 1 saturated heterocycles. The summed E-state index contributed by atoms with van der Waals surface area (Å²) in [4.78, 5) is 33.0. The Labute approximate surface area is 180 Å². The number of aryl methyl sites for hydroxylation is 1. The van der Waals surface area contributed by atoms with Gasteiger partial charge in [0.15, 0.2) is 23.1 Å². The van der Waals surface area contributed by atoms with Crippen LogP contribution < -0.4 is 9.73 Å². The van der Waals surface area contributed by atoms with E-state index in [9.17, 15) is 9.59 Å². The van der Waals surface area contributed by atoms with Gasteiger partial charge in [0, 0.05) is 47.6 Å². The van der Waals surface area contributed by atoms with Crippen LogP contribution >= 0.6 is 0 Å². The third-order valence-electron chi connectivity index (χ3n) is 6.65. The van der Waals surface area contributed by atoms with Gasteiger partial charge in [-0.1, -0.05) is 30.3 Å². The fraction of sp³-hybridized carbons (Fsp3) is 0.269. The summed E-state index contributed by atoms with van der Waals surface area (Å²) in [5.74, 6) is 0.597. The van der Waals surface area contributed by atoms with Gasteiger partial charge >= 0.3 is 0 Å². The number of benzene rings is 2. The van der Waals surface area contributed by atoms with Gasteiger partial charge in [-0.3, -0.25) is 9.59 Å². The summed E-state index contributed by atoms with van der Waals surface area (Å²) < 4.78 is 6.30. The molecule has 1 fully saturated rings. The van der Waals surface area contributed by atoms with E-state index in [2.05, 4.69) is 9.89 Å². The van der Waals surface area contributed by atoms with E-state index in [0.717, 1.165) is 48.6 Å².